The first-order valence-electron chi connectivity index (χ1n) is 5.43. The molecule has 0 aliphatic carbocycles. The van der Waals surface area contributed by atoms with Gasteiger partial charge >= 0.3 is 0 Å². The third-order valence-electron chi connectivity index (χ3n) is 2.80. The lowest BCUT2D eigenvalue weighted by Crippen LogP contribution is -1.97. The summed E-state index contributed by atoms with van der Waals surface area (Å²) in [7, 11) is 1.95. The molecule has 0 spiro atoms. The third kappa shape index (κ3) is 1.80. The lowest BCUT2D eigenvalue weighted by Gasteiger charge is -2.11. The Labute approximate surface area is 104 Å². The molecule has 1 N–H and O–H groups in total. The van der Waals surface area contributed by atoms with E-state index < -0.39 is 0 Å². The number of rotatable bonds is 2. The van der Waals surface area contributed by atoms with Crippen LogP contribution in [0.25, 0.3) is 10.9 Å². The smallest absolute Gasteiger partial charge is 0.0870 e. The van der Waals surface area contributed by atoms with Gasteiger partial charge < -0.3 is 5.32 Å². The third-order valence-corrected chi connectivity index (χ3v) is 3.44. The first-order valence-corrected chi connectivity index (χ1v) is 6.23. The lowest BCUT2D eigenvalue weighted by molar-refractivity contribution is 1.05. The maximum Gasteiger partial charge on any atom is 0.0870 e. The molecular formula is C13H15BrN2. The highest BCUT2D eigenvalue weighted by Gasteiger charge is 2.09. The quantitative estimate of drug-likeness (QED) is 0.901. The van der Waals surface area contributed by atoms with Gasteiger partial charge in [0, 0.05) is 28.3 Å². The van der Waals surface area contributed by atoms with Crippen molar-refractivity contribution in [3.8, 4) is 0 Å². The van der Waals surface area contributed by atoms with Crippen LogP contribution in [0.3, 0.4) is 0 Å². The van der Waals surface area contributed by atoms with Crippen LogP contribution in [0.2, 0.25) is 0 Å². The van der Waals surface area contributed by atoms with Crippen LogP contribution in [0.1, 0.15) is 18.2 Å². The van der Waals surface area contributed by atoms with E-state index in [1.807, 2.05) is 7.05 Å². The SMILES string of the molecule is CCc1cc(NC)c2c(C)ccc(Br)c2n1. The van der Waals surface area contributed by atoms with Crippen molar-refractivity contribution in [1.82, 2.24) is 4.98 Å². The molecule has 3 heteroatoms. The molecule has 0 amide bonds. The Hall–Kier alpha value is -1.09. The van der Waals surface area contributed by atoms with Crippen LogP contribution in [-0.4, -0.2) is 12.0 Å². The van der Waals surface area contributed by atoms with Gasteiger partial charge in [0.2, 0.25) is 0 Å². The molecule has 0 saturated heterocycles. The molecule has 84 valence electrons. The highest BCUT2D eigenvalue weighted by Crippen LogP contribution is 2.31. The van der Waals surface area contributed by atoms with Crippen molar-refractivity contribution in [3.05, 3.63) is 33.9 Å². The molecule has 16 heavy (non-hydrogen) atoms. The van der Waals surface area contributed by atoms with Gasteiger partial charge in [-0.3, -0.25) is 4.98 Å². The molecule has 0 radical (unpaired) electrons. The fourth-order valence-electron chi connectivity index (χ4n) is 1.91. The number of fused-ring (bicyclic) bond motifs is 1. The van der Waals surface area contributed by atoms with E-state index in [-0.39, 0.29) is 0 Å². The highest BCUT2D eigenvalue weighted by molar-refractivity contribution is 9.10. The maximum absolute atomic E-state index is 4.68. The summed E-state index contributed by atoms with van der Waals surface area (Å²) in [5, 5.41) is 4.45. The van der Waals surface area contributed by atoms with Gasteiger partial charge in [-0.2, -0.15) is 0 Å². The van der Waals surface area contributed by atoms with Gasteiger partial charge in [-0.25, -0.2) is 0 Å². The van der Waals surface area contributed by atoms with Gasteiger partial charge in [-0.05, 0) is 47.0 Å². The Morgan fingerprint density at radius 3 is 2.75 bits per heavy atom. The summed E-state index contributed by atoms with van der Waals surface area (Å²) in [6.45, 7) is 4.24. The number of nitrogens with zero attached hydrogens (tertiary/aromatic N) is 1. The predicted molar refractivity (Wildman–Crippen MR) is 73.1 cm³/mol. The van der Waals surface area contributed by atoms with Crippen LogP contribution in [0.15, 0.2) is 22.7 Å². The molecule has 1 heterocycles. The Bertz CT molecular complexity index is 535. The molecule has 2 rings (SSSR count). The minimum Gasteiger partial charge on any atom is -0.388 e. The number of hydrogen-bond donors (Lipinski definition) is 1. The van der Waals surface area contributed by atoms with E-state index in [0.29, 0.717) is 0 Å². The molecule has 0 aliphatic heterocycles. The van der Waals surface area contributed by atoms with Gasteiger partial charge in [0.25, 0.3) is 0 Å². The molecule has 0 unspecified atom stereocenters. The average Bonchev–Trinajstić information content (AvgIpc) is 2.32. The summed E-state index contributed by atoms with van der Waals surface area (Å²) in [4.78, 5) is 4.68. The minimum absolute atomic E-state index is 0.949. The second kappa shape index (κ2) is 4.42. The van der Waals surface area contributed by atoms with Crippen molar-refractivity contribution in [2.24, 2.45) is 0 Å². The number of nitrogens with one attached hydrogen (secondary N) is 1. The van der Waals surface area contributed by atoms with E-state index in [1.165, 1.54) is 10.9 Å². The molecule has 0 saturated carbocycles. The van der Waals surface area contributed by atoms with E-state index in [9.17, 15) is 0 Å². The van der Waals surface area contributed by atoms with E-state index in [2.05, 4.69) is 58.3 Å². The summed E-state index contributed by atoms with van der Waals surface area (Å²) < 4.78 is 1.06. The molecule has 2 nitrogen and oxygen atoms in total. The monoisotopic (exact) mass is 278 g/mol. The molecule has 0 bridgehead atoms. The van der Waals surface area contributed by atoms with E-state index in [4.69, 9.17) is 0 Å². The van der Waals surface area contributed by atoms with Gasteiger partial charge in [-0.15, -0.1) is 0 Å². The zero-order chi connectivity index (χ0) is 11.7. The average molecular weight is 279 g/mol. The van der Waals surface area contributed by atoms with E-state index >= 15 is 0 Å². The first kappa shape index (κ1) is 11.4. The summed E-state index contributed by atoms with van der Waals surface area (Å²) in [5.74, 6) is 0. The molecule has 1 aromatic carbocycles. The first-order chi connectivity index (χ1) is 7.67. The van der Waals surface area contributed by atoms with E-state index in [1.54, 1.807) is 0 Å². The minimum atomic E-state index is 0.949. The molecule has 0 atom stereocenters. The fourth-order valence-corrected chi connectivity index (χ4v) is 2.33. The summed E-state index contributed by atoms with van der Waals surface area (Å²) in [5.41, 5.74) is 4.56. The molecular weight excluding hydrogens is 264 g/mol. The van der Waals surface area contributed by atoms with Crippen LogP contribution in [0, 0.1) is 6.92 Å². The van der Waals surface area contributed by atoms with Crippen LogP contribution >= 0.6 is 15.9 Å². The second-order valence-corrected chi connectivity index (χ2v) is 4.71. The number of aryl methyl sites for hydroxylation is 2. The summed E-state index contributed by atoms with van der Waals surface area (Å²) in [6, 6.07) is 6.30. The Balaban J connectivity index is 2.88. The number of halogens is 1. The topological polar surface area (TPSA) is 24.9 Å². The molecule has 0 fully saturated rings. The number of hydrogen-bond acceptors (Lipinski definition) is 2. The summed E-state index contributed by atoms with van der Waals surface area (Å²) >= 11 is 3.57. The van der Waals surface area contributed by atoms with Gasteiger partial charge in [0.1, 0.15) is 0 Å². The number of anilines is 1. The van der Waals surface area contributed by atoms with Crippen molar-refractivity contribution in [3.63, 3.8) is 0 Å². The summed E-state index contributed by atoms with van der Waals surface area (Å²) in [6.07, 6.45) is 0.949. The van der Waals surface area contributed by atoms with Crippen LogP contribution < -0.4 is 5.32 Å². The Morgan fingerprint density at radius 2 is 2.12 bits per heavy atom. The number of aromatic nitrogens is 1. The largest absolute Gasteiger partial charge is 0.388 e. The standard InChI is InChI=1S/C13H15BrN2/c1-4-9-7-11(15-3)12-8(2)5-6-10(14)13(12)16-9/h5-7H,4H2,1-3H3,(H,15,16). The van der Waals surface area contributed by atoms with Crippen molar-refractivity contribution in [2.45, 2.75) is 20.3 Å². The molecule has 2 aromatic rings. The van der Waals surface area contributed by atoms with Crippen LogP contribution in [-0.2, 0) is 6.42 Å². The molecule has 0 aliphatic rings. The maximum atomic E-state index is 4.68. The van der Waals surface area contributed by atoms with Gasteiger partial charge in [0.15, 0.2) is 0 Å². The van der Waals surface area contributed by atoms with Crippen molar-refractivity contribution in [1.29, 1.82) is 0 Å². The van der Waals surface area contributed by atoms with Crippen LogP contribution in [0.5, 0.6) is 0 Å². The lowest BCUT2D eigenvalue weighted by atomic mass is 10.1. The second-order valence-electron chi connectivity index (χ2n) is 3.85. The fraction of sp³-hybridized carbons (Fsp3) is 0.308. The highest BCUT2D eigenvalue weighted by atomic mass is 79.9. The zero-order valence-electron chi connectivity index (χ0n) is 9.76. The van der Waals surface area contributed by atoms with Crippen LogP contribution in [0.4, 0.5) is 5.69 Å². The van der Waals surface area contributed by atoms with Crippen molar-refractivity contribution in [2.75, 3.05) is 12.4 Å². The van der Waals surface area contributed by atoms with Crippen molar-refractivity contribution < 1.29 is 0 Å². The Kier molecular flexibility index (Phi) is 3.15. The van der Waals surface area contributed by atoms with Gasteiger partial charge in [0.05, 0.1) is 5.52 Å². The van der Waals surface area contributed by atoms with Crippen molar-refractivity contribution >= 4 is 32.5 Å². The zero-order valence-corrected chi connectivity index (χ0v) is 11.4. The number of benzene rings is 1. The van der Waals surface area contributed by atoms with Gasteiger partial charge in [-0.1, -0.05) is 13.0 Å². The molecule has 1 aromatic heterocycles. The predicted octanol–water partition coefficient (Wildman–Crippen LogP) is 3.91. The van der Waals surface area contributed by atoms with E-state index in [0.717, 1.165) is 27.8 Å². The normalized spacial score (nSPS) is 10.8. The number of pyridine rings is 1. The Morgan fingerprint density at radius 1 is 1.38 bits per heavy atom.